The number of nitrogens with one attached hydrogen (secondary N) is 1. The first-order valence-electron chi connectivity index (χ1n) is 4.86. The van der Waals surface area contributed by atoms with E-state index in [-0.39, 0.29) is 12.6 Å². The number of hydrogen-bond acceptors (Lipinski definition) is 3. The molecule has 1 atom stereocenters. The Hall–Kier alpha value is -1.14. The van der Waals surface area contributed by atoms with Crippen molar-refractivity contribution < 1.29 is 15.0 Å². The summed E-state index contributed by atoms with van der Waals surface area (Å²) in [6.07, 6.45) is -0.0458. The number of nitrogens with zero attached hydrogens (tertiary/aromatic N) is 1. The summed E-state index contributed by atoms with van der Waals surface area (Å²) in [6, 6.07) is 4.93. The van der Waals surface area contributed by atoms with Crippen LogP contribution in [0.3, 0.4) is 0 Å². The van der Waals surface area contributed by atoms with Gasteiger partial charge in [-0.3, -0.25) is 0 Å². The lowest BCUT2D eigenvalue weighted by molar-refractivity contribution is 0.187. The second kappa shape index (κ2) is 6.44. The minimum absolute atomic E-state index is 0.0335. The van der Waals surface area contributed by atoms with Gasteiger partial charge < -0.3 is 15.5 Å². The third-order valence-corrected chi connectivity index (χ3v) is 2.48. The van der Waals surface area contributed by atoms with Gasteiger partial charge in [0.25, 0.3) is 0 Å². The van der Waals surface area contributed by atoms with E-state index in [4.69, 9.17) is 10.2 Å². The van der Waals surface area contributed by atoms with Crippen molar-refractivity contribution in [1.29, 1.82) is 0 Å². The molecule has 0 aliphatic rings. The quantitative estimate of drug-likeness (QED) is 0.723. The highest BCUT2D eigenvalue weighted by atomic mass is 79.9. The van der Waals surface area contributed by atoms with Crippen molar-refractivity contribution in [1.82, 2.24) is 10.3 Å². The maximum absolute atomic E-state index is 10.6. The van der Waals surface area contributed by atoms with Crippen molar-refractivity contribution in [3.05, 3.63) is 28.5 Å². The van der Waals surface area contributed by atoms with Crippen LogP contribution in [-0.2, 0) is 0 Å². The van der Waals surface area contributed by atoms with Gasteiger partial charge >= 0.3 is 6.09 Å². The molecule has 3 N–H and O–H groups in total. The number of amides is 1. The average molecular weight is 289 g/mol. The molecule has 1 heterocycles. The molecule has 0 aromatic carbocycles. The Morgan fingerprint density at radius 3 is 2.88 bits per heavy atom. The third kappa shape index (κ3) is 4.16. The van der Waals surface area contributed by atoms with Gasteiger partial charge in [-0.1, -0.05) is 6.07 Å². The van der Waals surface area contributed by atoms with Crippen LogP contribution in [0.1, 0.15) is 24.6 Å². The number of hydrogen-bond donors (Lipinski definition) is 3. The van der Waals surface area contributed by atoms with Gasteiger partial charge in [0, 0.05) is 6.61 Å². The Bertz CT molecular complexity index is 360. The molecule has 0 saturated heterocycles. The Balaban J connectivity index is 2.78. The van der Waals surface area contributed by atoms with Gasteiger partial charge in [-0.2, -0.15) is 0 Å². The molecule has 5 nitrogen and oxygen atoms in total. The molecular weight excluding hydrogens is 276 g/mol. The van der Waals surface area contributed by atoms with Gasteiger partial charge in [-0.05, 0) is 40.9 Å². The zero-order chi connectivity index (χ0) is 12.0. The smallest absolute Gasteiger partial charge is 0.405 e. The Morgan fingerprint density at radius 2 is 2.31 bits per heavy atom. The largest absolute Gasteiger partial charge is 0.465 e. The van der Waals surface area contributed by atoms with Crippen LogP contribution in [0.25, 0.3) is 0 Å². The van der Waals surface area contributed by atoms with E-state index in [1.54, 1.807) is 18.2 Å². The summed E-state index contributed by atoms with van der Waals surface area (Å²) >= 11 is 3.23. The number of aliphatic hydroxyl groups is 1. The number of aliphatic hydroxyl groups excluding tert-OH is 1. The summed E-state index contributed by atoms with van der Waals surface area (Å²) in [5, 5.41) is 19.8. The lowest BCUT2D eigenvalue weighted by atomic mass is 10.1. The van der Waals surface area contributed by atoms with E-state index in [1.807, 2.05) is 0 Å². The molecule has 1 amide bonds. The minimum Gasteiger partial charge on any atom is -0.465 e. The highest BCUT2D eigenvalue weighted by molar-refractivity contribution is 9.10. The molecule has 16 heavy (non-hydrogen) atoms. The van der Waals surface area contributed by atoms with Crippen LogP contribution in [-0.4, -0.2) is 27.9 Å². The number of pyridine rings is 1. The zero-order valence-corrected chi connectivity index (χ0v) is 10.1. The second-order valence-electron chi connectivity index (χ2n) is 3.25. The molecule has 1 aromatic heterocycles. The SMILES string of the molecule is O=C(O)NC(CCCO)c1cccc(Br)n1. The van der Waals surface area contributed by atoms with Crippen molar-refractivity contribution in [2.24, 2.45) is 0 Å². The van der Waals surface area contributed by atoms with E-state index in [1.165, 1.54) is 0 Å². The lowest BCUT2D eigenvalue weighted by Gasteiger charge is -2.15. The first-order chi connectivity index (χ1) is 7.63. The number of carboxylic acid groups (broad SMARTS) is 1. The third-order valence-electron chi connectivity index (χ3n) is 2.04. The molecular formula is C10H13BrN2O3. The zero-order valence-electron chi connectivity index (χ0n) is 8.56. The predicted octanol–water partition coefficient (Wildman–Crippen LogP) is 1.93. The molecule has 0 aliphatic heterocycles. The van der Waals surface area contributed by atoms with Crippen LogP contribution < -0.4 is 5.32 Å². The van der Waals surface area contributed by atoms with E-state index in [9.17, 15) is 4.79 Å². The molecule has 1 unspecified atom stereocenters. The van der Waals surface area contributed by atoms with Gasteiger partial charge in [-0.15, -0.1) is 0 Å². The average Bonchev–Trinajstić information content (AvgIpc) is 2.23. The van der Waals surface area contributed by atoms with Gasteiger partial charge in [0.1, 0.15) is 4.60 Å². The van der Waals surface area contributed by atoms with Gasteiger partial charge in [0.15, 0.2) is 0 Å². The van der Waals surface area contributed by atoms with E-state index >= 15 is 0 Å². The summed E-state index contributed by atoms with van der Waals surface area (Å²) in [6.45, 7) is 0.0335. The van der Waals surface area contributed by atoms with E-state index in [0.717, 1.165) is 0 Å². The van der Waals surface area contributed by atoms with Crippen LogP contribution >= 0.6 is 15.9 Å². The molecule has 0 radical (unpaired) electrons. The normalized spacial score (nSPS) is 12.1. The van der Waals surface area contributed by atoms with Crippen LogP contribution in [0.15, 0.2) is 22.8 Å². The number of carbonyl (C=O) groups is 1. The highest BCUT2D eigenvalue weighted by Crippen LogP contribution is 2.18. The summed E-state index contributed by atoms with van der Waals surface area (Å²) in [4.78, 5) is 14.8. The van der Waals surface area contributed by atoms with Gasteiger partial charge in [0.2, 0.25) is 0 Å². The van der Waals surface area contributed by atoms with Crippen LogP contribution in [0, 0.1) is 0 Å². The first-order valence-corrected chi connectivity index (χ1v) is 5.65. The Kier molecular flexibility index (Phi) is 5.21. The van der Waals surface area contributed by atoms with Crippen molar-refractivity contribution in [3.8, 4) is 0 Å². The fourth-order valence-electron chi connectivity index (χ4n) is 1.36. The molecule has 6 heteroatoms. The maximum Gasteiger partial charge on any atom is 0.405 e. The van der Waals surface area contributed by atoms with E-state index < -0.39 is 6.09 Å². The fraction of sp³-hybridized carbons (Fsp3) is 0.400. The van der Waals surface area contributed by atoms with Crippen molar-refractivity contribution in [3.63, 3.8) is 0 Å². The Labute approximate surface area is 102 Å². The molecule has 1 rings (SSSR count). The lowest BCUT2D eigenvalue weighted by Crippen LogP contribution is -2.27. The molecule has 0 spiro atoms. The number of halogens is 1. The van der Waals surface area contributed by atoms with Crippen LogP contribution in [0.2, 0.25) is 0 Å². The molecule has 0 bridgehead atoms. The van der Waals surface area contributed by atoms with Crippen molar-refractivity contribution >= 4 is 22.0 Å². The second-order valence-corrected chi connectivity index (χ2v) is 4.07. The molecule has 88 valence electrons. The van der Waals surface area contributed by atoms with Crippen LogP contribution in [0.5, 0.6) is 0 Å². The Morgan fingerprint density at radius 1 is 1.56 bits per heavy atom. The highest BCUT2D eigenvalue weighted by Gasteiger charge is 2.14. The van der Waals surface area contributed by atoms with E-state index in [2.05, 4.69) is 26.2 Å². The molecule has 1 aromatic rings. The fourth-order valence-corrected chi connectivity index (χ4v) is 1.71. The molecule has 0 aliphatic carbocycles. The van der Waals surface area contributed by atoms with Crippen LogP contribution in [0.4, 0.5) is 4.79 Å². The standard InChI is InChI=1S/C10H13BrN2O3/c11-9-5-1-3-7(12-9)8(4-2-6-14)13-10(15)16/h1,3,5,8,13-14H,2,4,6H2,(H,15,16). The summed E-state index contributed by atoms with van der Waals surface area (Å²) in [5.41, 5.74) is 0.644. The predicted molar refractivity (Wildman–Crippen MR) is 62.2 cm³/mol. The number of rotatable bonds is 5. The van der Waals surface area contributed by atoms with Gasteiger partial charge in [0.05, 0.1) is 11.7 Å². The van der Waals surface area contributed by atoms with E-state index in [0.29, 0.717) is 23.1 Å². The van der Waals surface area contributed by atoms with Crippen molar-refractivity contribution in [2.75, 3.05) is 6.61 Å². The maximum atomic E-state index is 10.6. The molecule has 0 saturated carbocycles. The number of aromatic nitrogens is 1. The first kappa shape index (κ1) is 12.9. The topological polar surface area (TPSA) is 82.5 Å². The minimum atomic E-state index is -1.09. The summed E-state index contributed by atoms with van der Waals surface area (Å²) < 4.78 is 0.659. The monoisotopic (exact) mass is 288 g/mol. The summed E-state index contributed by atoms with van der Waals surface area (Å²) in [7, 11) is 0. The summed E-state index contributed by atoms with van der Waals surface area (Å²) in [5.74, 6) is 0. The molecule has 0 fully saturated rings. The van der Waals surface area contributed by atoms with Crippen molar-refractivity contribution in [2.45, 2.75) is 18.9 Å². The van der Waals surface area contributed by atoms with Gasteiger partial charge in [-0.25, -0.2) is 9.78 Å².